The monoisotopic (exact) mass is 298 g/mol. The van der Waals surface area contributed by atoms with Crippen LogP contribution in [-0.4, -0.2) is 29.8 Å². The van der Waals surface area contributed by atoms with Crippen molar-refractivity contribution in [3.05, 3.63) is 0 Å². The molecular formula is C10H19IO2. The van der Waals surface area contributed by atoms with E-state index in [0.29, 0.717) is 0 Å². The first kappa shape index (κ1) is 11.7. The number of hydrogen-bond acceptors (Lipinski definition) is 2. The van der Waals surface area contributed by atoms with Crippen LogP contribution in [0.1, 0.15) is 32.6 Å². The zero-order valence-electron chi connectivity index (χ0n) is 8.35. The molecule has 0 aromatic rings. The summed E-state index contributed by atoms with van der Waals surface area (Å²) >= 11 is 2.43. The second kappa shape index (κ2) is 6.19. The SMILES string of the molecule is CCCCOC1(CI)CCOCC1. The summed E-state index contributed by atoms with van der Waals surface area (Å²) in [6, 6.07) is 0. The highest BCUT2D eigenvalue weighted by Crippen LogP contribution is 2.27. The lowest BCUT2D eigenvalue weighted by Crippen LogP contribution is -2.41. The van der Waals surface area contributed by atoms with Gasteiger partial charge in [0.25, 0.3) is 0 Å². The van der Waals surface area contributed by atoms with E-state index in [1.54, 1.807) is 0 Å². The zero-order chi connectivity index (χ0) is 9.57. The van der Waals surface area contributed by atoms with Crippen LogP contribution in [0, 0.1) is 0 Å². The van der Waals surface area contributed by atoms with Crippen LogP contribution in [0.25, 0.3) is 0 Å². The maximum absolute atomic E-state index is 5.97. The molecule has 1 rings (SSSR count). The fraction of sp³-hybridized carbons (Fsp3) is 1.00. The summed E-state index contributed by atoms with van der Waals surface area (Å²) < 4.78 is 12.4. The van der Waals surface area contributed by atoms with Gasteiger partial charge in [0.15, 0.2) is 0 Å². The Morgan fingerprint density at radius 2 is 2.08 bits per heavy atom. The van der Waals surface area contributed by atoms with Crippen molar-refractivity contribution in [3.63, 3.8) is 0 Å². The van der Waals surface area contributed by atoms with E-state index in [2.05, 4.69) is 29.5 Å². The lowest BCUT2D eigenvalue weighted by Gasteiger charge is -2.35. The van der Waals surface area contributed by atoms with E-state index in [4.69, 9.17) is 9.47 Å². The summed E-state index contributed by atoms with van der Waals surface area (Å²) in [6.07, 6.45) is 4.53. The Morgan fingerprint density at radius 3 is 2.62 bits per heavy atom. The van der Waals surface area contributed by atoms with Crippen molar-refractivity contribution >= 4 is 22.6 Å². The molecule has 1 saturated heterocycles. The Balaban J connectivity index is 2.29. The molecule has 0 bridgehead atoms. The van der Waals surface area contributed by atoms with Gasteiger partial charge in [-0.2, -0.15) is 0 Å². The van der Waals surface area contributed by atoms with E-state index in [9.17, 15) is 0 Å². The first-order valence-electron chi connectivity index (χ1n) is 5.11. The minimum atomic E-state index is 0.133. The third-order valence-electron chi connectivity index (χ3n) is 2.55. The number of rotatable bonds is 5. The van der Waals surface area contributed by atoms with E-state index in [-0.39, 0.29) is 5.60 Å². The molecule has 0 aromatic heterocycles. The first-order valence-corrected chi connectivity index (χ1v) is 6.63. The van der Waals surface area contributed by atoms with Crippen molar-refractivity contribution in [2.24, 2.45) is 0 Å². The van der Waals surface area contributed by atoms with Gasteiger partial charge in [-0.3, -0.25) is 0 Å². The third kappa shape index (κ3) is 3.72. The summed E-state index contributed by atoms with van der Waals surface area (Å²) in [5, 5.41) is 0. The number of hydrogen-bond donors (Lipinski definition) is 0. The van der Waals surface area contributed by atoms with Crippen molar-refractivity contribution in [3.8, 4) is 0 Å². The maximum atomic E-state index is 5.97. The van der Waals surface area contributed by atoms with Crippen molar-refractivity contribution in [2.75, 3.05) is 24.2 Å². The highest BCUT2D eigenvalue weighted by molar-refractivity contribution is 14.1. The van der Waals surface area contributed by atoms with E-state index >= 15 is 0 Å². The Morgan fingerprint density at radius 1 is 1.38 bits per heavy atom. The highest BCUT2D eigenvalue weighted by atomic mass is 127. The Kier molecular flexibility index (Phi) is 5.58. The molecule has 0 spiro atoms. The molecule has 3 heteroatoms. The normalized spacial score (nSPS) is 21.7. The molecule has 0 saturated carbocycles. The Hall–Kier alpha value is 0.650. The molecule has 78 valence electrons. The molecule has 0 atom stereocenters. The standard InChI is InChI=1S/C10H19IO2/c1-2-3-6-13-10(9-11)4-7-12-8-5-10/h2-9H2,1H3. The predicted octanol–water partition coefficient (Wildman–Crippen LogP) is 2.79. The van der Waals surface area contributed by atoms with Gasteiger partial charge in [0.2, 0.25) is 0 Å². The van der Waals surface area contributed by atoms with E-state index < -0.39 is 0 Å². The van der Waals surface area contributed by atoms with E-state index in [0.717, 1.165) is 37.1 Å². The smallest absolute Gasteiger partial charge is 0.0815 e. The van der Waals surface area contributed by atoms with Crippen LogP contribution in [0.5, 0.6) is 0 Å². The van der Waals surface area contributed by atoms with Crippen molar-refractivity contribution in [1.29, 1.82) is 0 Å². The van der Waals surface area contributed by atoms with Gasteiger partial charge in [-0.1, -0.05) is 35.9 Å². The van der Waals surface area contributed by atoms with Gasteiger partial charge in [-0.25, -0.2) is 0 Å². The third-order valence-corrected chi connectivity index (χ3v) is 3.94. The molecule has 1 aliphatic heterocycles. The molecule has 0 aliphatic carbocycles. The average molecular weight is 298 g/mol. The van der Waals surface area contributed by atoms with Gasteiger partial charge >= 0.3 is 0 Å². The second-order valence-corrected chi connectivity index (χ2v) is 4.39. The lowest BCUT2D eigenvalue weighted by molar-refractivity contribution is -0.0947. The second-order valence-electron chi connectivity index (χ2n) is 3.63. The largest absolute Gasteiger partial charge is 0.381 e. The van der Waals surface area contributed by atoms with Crippen LogP contribution >= 0.6 is 22.6 Å². The van der Waals surface area contributed by atoms with Crippen LogP contribution < -0.4 is 0 Å². The molecule has 0 N–H and O–H groups in total. The number of alkyl halides is 1. The minimum absolute atomic E-state index is 0.133. The number of halogens is 1. The minimum Gasteiger partial charge on any atom is -0.381 e. The molecule has 1 heterocycles. The number of unbranched alkanes of at least 4 members (excludes halogenated alkanes) is 1. The maximum Gasteiger partial charge on any atom is 0.0815 e. The summed E-state index contributed by atoms with van der Waals surface area (Å²) in [7, 11) is 0. The van der Waals surface area contributed by atoms with Gasteiger partial charge in [0, 0.05) is 37.1 Å². The highest BCUT2D eigenvalue weighted by Gasteiger charge is 2.31. The summed E-state index contributed by atoms with van der Waals surface area (Å²) in [4.78, 5) is 0. The van der Waals surface area contributed by atoms with Crippen molar-refractivity contribution < 1.29 is 9.47 Å². The summed E-state index contributed by atoms with van der Waals surface area (Å²) in [6.45, 7) is 4.85. The molecule has 13 heavy (non-hydrogen) atoms. The van der Waals surface area contributed by atoms with Gasteiger partial charge in [-0.05, 0) is 6.42 Å². The quantitative estimate of drug-likeness (QED) is 0.441. The summed E-state index contributed by atoms with van der Waals surface area (Å²) in [5.74, 6) is 0. The molecule has 1 fully saturated rings. The molecule has 0 unspecified atom stereocenters. The van der Waals surface area contributed by atoms with Crippen LogP contribution in [0.2, 0.25) is 0 Å². The lowest BCUT2D eigenvalue weighted by atomic mass is 9.97. The van der Waals surface area contributed by atoms with Gasteiger partial charge in [-0.15, -0.1) is 0 Å². The zero-order valence-corrected chi connectivity index (χ0v) is 10.5. The molecule has 1 aliphatic rings. The van der Waals surface area contributed by atoms with Crippen molar-refractivity contribution in [1.82, 2.24) is 0 Å². The van der Waals surface area contributed by atoms with E-state index in [1.807, 2.05) is 0 Å². The predicted molar refractivity (Wildman–Crippen MR) is 62.5 cm³/mol. The summed E-state index contributed by atoms with van der Waals surface area (Å²) in [5.41, 5.74) is 0.133. The molecular weight excluding hydrogens is 279 g/mol. The topological polar surface area (TPSA) is 18.5 Å². The fourth-order valence-electron chi connectivity index (χ4n) is 1.49. The van der Waals surface area contributed by atoms with Gasteiger partial charge in [0.1, 0.15) is 0 Å². The van der Waals surface area contributed by atoms with Crippen LogP contribution in [-0.2, 0) is 9.47 Å². The molecule has 0 aromatic carbocycles. The molecule has 0 amide bonds. The van der Waals surface area contributed by atoms with E-state index in [1.165, 1.54) is 12.8 Å². The molecule has 0 radical (unpaired) electrons. The van der Waals surface area contributed by atoms with Crippen molar-refractivity contribution in [2.45, 2.75) is 38.2 Å². The van der Waals surface area contributed by atoms with Gasteiger partial charge in [0.05, 0.1) is 5.60 Å². The van der Waals surface area contributed by atoms with Crippen LogP contribution in [0.15, 0.2) is 0 Å². The van der Waals surface area contributed by atoms with Crippen LogP contribution in [0.4, 0.5) is 0 Å². The van der Waals surface area contributed by atoms with Crippen LogP contribution in [0.3, 0.4) is 0 Å². The number of ether oxygens (including phenoxy) is 2. The molecule has 2 nitrogen and oxygen atoms in total. The van der Waals surface area contributed by atoms with Gasteiger partial charge < -0.3 is 9.47 Å². The fourth-order valence-corrected chi connectivity index (χ4v) is 2.48. The Bertz CT molecular complexity index is 133. The average Bonchev–Trinajstić information content (AvgIpc) is 2.20. The first-order chi connectivity index (χ1) is 6.33. The Labute approximate surface area is 94.5 Å².